The van der Waals surface area contributed by atoms with Gasteiger partial charge in [0, 0.05) is 17.1 Å². The molecule has 2 aromatic rings. The van der Waals surface area contributed by atoms with E-state index in [1.54, 1.807) is 6.07 Å². The van der Waals surface area contributed by atoms with Crippen LogP contribution >= 0.6 is 11.6 Å². The van der Waals surface area contributed by atoms with Crippen LogP contribution in [0.1, 0.15) is 5.56 Å². The van der Waals surface area contributed by atoms with E-state index in [-0.39, 0.29) is 0 Å². The van der Waals surface area contributed by atoms with Crippen molar-refractivity contribution in [3.05, 3.63) is 65.2 Å². The molecule has 0 aliphatic rings. The molecule has 86 valence electrons. The molecule has 0 bridgehead atoms. The monoisotopic (exact) mass is 244 g/mol. The standard InChI is InChI=1S/C14H13ClN2/c15-12-7-4-8-13(10-12)17-14(16)9-11-5-2-1-3-6-11/h1-8,10H,9H2,(H2,16,17). The Hall–Kier alpha value is -1.80. The fourth-order valence-corrected chi connectivity index (χ4v) is 1.77. The maximum absolute atomic E-state index is 7.88. The molecule has 0 amide bonds. The largest absolute Gasteiger partial charge is 0.344 e. The van der Waals surface area contributed by atoms with Gasteiger partial charge in [-0.3, -0.25) is 5.41 Å². The molecule has 0 saturated heterocycles. The molecule has 2 nitrogen and oxygen atoms in total. The zero-order valence-corrected chi connectivity index (χ0v) is 10.0. The lowest BCUT2D eigenvalue weighted by molar-refractivity contribution is 1.27. The Kier molecular flexibility index (Phi) is 3.78. The Morgan fingerprint density at radius 1 is 1.06 bits per heavy atom. The van der Waals surface area contributed by atoms with Gasteiger partial charge in [-0.2, -0.15) is 0 Å². The number of nitrogens with one attached hydrogen (secondary N) is 2. The second kappa shape index (κ2) is 5.51. The number of anilines is 1. The first kappa shape index (κ1) is 11.7. The van der Waals surface area contributed by atoms with E-state index in [9.17, 15) is 0 Å². The van der Waals surface area contributed by atoms with Gasteiger partial charge in [-0.15, -0.1) is 0 Å². The first-order valence-corrected chi connectivity index (χ1v) is 5.76. The van der Waals surface area contributed by atoms with Gasteiger partial charge in [-0.05, 0) is 23.8 Å². The van der Waals surface area contributed by atoms with E-state index in [0.29, 0.717) is 17.3 Å². The van der Waals surface area contributed by atoms with Crippen LogP contribution < -0.4 is 5.32 Å². The second-order valence-corrected chi connectivity index (χ2v) is 4.21. The summed E-state index contributed by atoms with van der Waals surface area (Å²) in [4.78, 5) is 0. The first-order valence-electron chi connectivity index (χ1n) is 5.38. The average Bonchev–Trinajstić information content (AvgIpc) is 2.30. The fourth-order valence-electron chi connectivity index (χ4n) is 1.58. The summed E-state index contributed by atoms with van der Waals surface area (Å²) in [5, 5.41) is 11.6. The van der Waals surface area contributed by atoms with Crippen LogP contribution in [0.25, 0.3) is 0 Å². The smallest absolute Gasteiger partial charge is 0.102 e. The van der Waals surface area contributed by atoms with Crippen molar-refractivity contribution in [3.63, 3.8) is 0 Å². The number of halogens is 1. The van der Waals surface area contributed by atoms with Gasteiger partial charge in [0.25, 0.3) is 0 Å². The summed E-state index contributed by atoms with van der Waals surface area (Å²) in [5.41, 5.74) is 1.96. The molecule has 2 N–H and O–H groups in total. The highest BCUT2D eigenvalue weighted by atomic mass is 35.5. The molecule has 0 spiro atoms. The molecule has 0 aliphatic heterocycles. The van der Waals surface area contributed by atoms with E-state index in [2.05, 4.69) is 5.32 Å². The molecule has 0 atom stereocenters. The molecule has 0 saturated carbocycles. The summed E-state index contributed by atoms with van der Waals surface area (Å²) in [6.45, 7) is 0. The van der Waals surface area contributed by atoms with Crippen LogP contribution in [0.2, 0.25) is 5.02 Å². The van der Waals surface area contributed by atoms with E-state index >= 15 is 0 Å². The number of hydrogen-bond acceptors (Lipinski definition) is 1. The third kappa shape index (κ3) is 3.61. The Labute approximate surface area is 106 Å². The maximum Gasteiger partial charge on any atom is 0.102 e. The van der Waals surface area contributed by atoms with E-state index < -0.39 is 0 Å². The molecule has 0 heterocycles. The lowest BCUT2D eigenvalue weighted by Gasteiger charge is -2.08. The molecule has 0 aromatic heterocycles. The quantitative estimate of drug-likeness (QED) is 0.622. The van der Waals surface area contributed by atoms with Crippen LogP contribution in [0.4, 0.5) is 5.69 Å². The molecule has 0 fully saturated rings. The molecule has 0 aliphatic carbocycles. The molecule has 3 heteroatoms. The lowest BCUT2D eigenvalue weighted by atomic mass is 10.1. The van der Waals surface area contributed by atoms with Gasteiger partial charge in [-0.1, -0.05) is 48.0 Å². The Morgan fingerprint density at radius 2 is 1.82 bits per heavy atom. The predicted octanol–water partition coefficient (Wildman–Crippen LogP) is 3.97. The third-order valence-electron chi connectivity index (χ3n) is 2.34. The van der Waals surface area contributed by atoms with Gasteiger partial charge in [0.1, 0.15) is 5.84 Å². The Morgan fingerprint density at radius 3 is 2.53 bits per heavy atom. The van der Waals surface area contributed by atoms with Crippen molar-refractivity contribution in [1.29, 1.82) is 5.41 Å². The van der Waals surface area contributed by atoms with Crippen molar-refractivity contribution in [3.8, 4) is 0 Å². The average molecular weight is 245 g/mol. The normalized spacial score (nSPS) is 9.94. The number of rotatable bonds is 3. The first-order chi connectivity index (χ1) is 8.24. The molecule has 0 unspecified atom stereocenters. The summed E-state index contributed by atoms with van der Waals surface area (Å²) >= 11 is 5.88. The summed E-state index contributed by atoms with van der Waals surface area (Å²) in [5.74, 6) is 0.457. The minimum Gasteiger partial charge on any atom is -0.344 e. The van der Waals surface area contributed by atoms with E-state index in [1.165, 1.54) is 0 Å². The van der Waals surface area contributed by atoms with Crippen LogP contribution in [-0.2, 0) is 6.42 Å². The Balaban J connectivity index is 1.98. The molecular weight excluding hydrogens is 232 g/mol. The van der Waals surface area contributed by atoms with Crippen molar-refractivity contribution in [2.75, 3.05) is 5.32 Å². The topological polar surface area (TPSA) is 35.9 Å². The highest BCUT2D eigenvalue weighted by Gasteiger charge is 2.00. The molecule has 0 radical (unpaired) electrons. The fraction of sp³-hybridized carbons (Fsp3) is 0.0714. The van der Waals surface area contributed by atoms with Crippen molar-refractivity contribution in [1.82, 2.24) is 0 Å². The lowest BCUT2D eigenvalue weighted by Crippen LogP contribution is -2.13. The summed E-state index contributed by atoms with van der Waals surface area (Å²) in [7, 11) is 0. The Bertz CT molecular complexity index is 509. The highest BCUT2D eigenvalue weighted by Crippen LogP contribution is 2.15. The molecule has 2 rings (SSSR count). The van der Waals surface area contributed by atoms with Crippen LogP contribution in [0.15, 0.2) is 54.6 Å². The number of benzene rings is 2. The molecule has 2 aromatic carbocycles. The highest BCUT2D eigenvalue weighted by molar-refractivity contribution is 6.30. The maximum atomic E-state index is 7.88. The molecular formula is C14H13ClN2. The SMILES string of the molecule is N=C(Cc1ccccc1)Nc1cccc(Cl)c1. The number of amidine groups is 1. The predicted molar refractivity (Wildman–Crippen MR) is 72.9 cm³/mol. The summed E-state index contributed by atoms with van der Waals surface area (Å²) in [6.07, 6.45) is 0.591. The van der Waals surface area contributed by atoms with Crippen molar-refractivity contribution in [2.24, 2.45) is 0 Å². The van der Waals surface area contributed by atoms with E-state index in [1.807, 2.05) is 48.5 Å². The van der Waals surface area contributed by atoms with Crippen molar-refractivity contribution < 1.29 is 0 Å². The van der Waals surface area contributed by atoms with Gasteiger partial charge in [-0.25, -0.2) is 0 Å². The minimum absolute atomic E-state index is 0.457. The van der Waals surface area contributed by atoms with Gasteiger partial charge >= 0.3 is 0 Å². The van der Waals surface area contributed by atoms with Crippen LogP contribution in [-0.4, -0.2) is 5.84 Å². The summed E-state index contributed by atoms with van der Waals surface area (Å²) < 4.78 is 0. The van der Waals surface area contributed by atoms with Crippen LogP contribution in [0, 0.1) is 5.41 Å². The van der Waals surface area contributed by atoms with Crippen LogP contribution in [0.3, 0.4) is 0 Å². The molecule has 17 heavy (non-hydrogen) atoms. The van der Waals surface area contributed by atoms with Gasteiger partial charge < -0.3 is 5.32 Å². The summed E-state index contributed by atoms with van der Waals surface area (Å²) in [6, 6.07) is 17.3. The second-order valence-electron chi connectivity index (χ2n) is 3.78. The van der Waals surface area contributed by atoms with Gasteiger partial charge in [0.2, 0.25) is 0 Å². The number of hydrogen-bond donors (Lipinski definition) is 2. The van der Waals surface area contributed by atoms with Crippen molar-refractivity contribution in [2.45, 2.75) is 6.42 Å². The van der Waals surface area contributed by atoms with Gasteiger partial charge in [0.15, 0.2) is 0 Å². The third-order valence-corrected chi connectivity index (χ3v) is 2.58. The van der Waals surface area contributed by atoms with Crippen molar-refractivity contribution >= 4 is 23.1 Å². The van der Waals surface area contributed by atoms with Crippen LogP contribution in [0.5, 0.6) is 0 Å². The van der Waals surface area contributed by atoms with Gasteiger partial charge in [0.05, 0.1) is 0 Å². The zero-order valence-electron chi connectivity index (χ0n) is 9.28. The van der Waals surface area contributed by atoms with E-state index in [0.717, 1.165) is 11.3 Å². The minimum atomic E-state index is 0.457. The van der Waals surface area contributed by atoms with E-state index in [4.69, 9.17) is 17.0 Å². The zero-order chi connectivity index (χ0) is 12.1.